The van der Waals surface area contributed by atoms with E-state index in [9.17, 15) is 13.2 Å². The first-order valence-electron chi connectivity index (χ1n) is 11.4. The van der Waals surface area contributed by atoms with Crippen molar-refractivity contribution in [3.63, 3.8) is 0 Å². The molecule has 2 aliphatic carbocycles. The fraction of sp³-hybridized carbons (Fsp3) is 0.481. The van der Waals surface area contributed by atoms with Gasteiger partial charge in [0.2, 0.25) is 0 Å². The van der Waals surface area contributed by atoms with Crippen molar-refractivity contribution in [2.45, 2.75) is 57.5 Å². The van der Waals surface area contributed by atoms with Gasteiger partial charge in [-0.25, -0.2) is 13.2 Å². The molecular weight excluding hydrogens is 413 g/mol. The third kappa shape index (κ3) is 4.81. The summed E-state index contributed by atoms with van der Waals surface area (Å²) < 4.78 is 54.3. The molecule has 0 radical (unpaired) electrons. The lowest BCUT2D eigenvalue weighted by Gasteiger charge is -2.42. The molecule has 4 rings (SSSR count). The van der Waals surface area contributed by atoms with E-state index < -0.39 is 17.5 Å². The Kier molecular flexibility index (Phi) is 7.10. The fourth-order valence-electron chi connectivity index (χ4n) is 5.38. The predicted molar refractivity (Wildman–Crippen MR) is 118 cm³/mol. The van der Waals surface area contributed by atoms with Gasteiger partial charge < -0.3 is 9.47 Å². The Morgan fingerprint density at radius 2 is 1.69 bits per heavy atom. The molecule has 0 aliphatic heterocycles. The van der Waals surface area contributed by atoms with E-state index in [0.29, 0.717) is 29.1 Å². The van der Waals surface area contributed by atoms with Crippen LogP contribution < -0.4 is 4.74 Å². The molecular formula is C27H29F3O2. The summed E-state index contributed by atoms with van der Waals surface area (Å²) in [6.07, 6.45) is 6.39. The van der Waals surface area contributed by atoms with Crippen molar-refractivity contribution in [1.29, 1.82) is 0 Å². The Balaban J connectivity index is 1.48. The highest BCUT2D eigenvalue weighted by Crippen LogP contribution is 2.47. The van der Waals surface area contributed by atoms with Gasteiger partial charge in [-0.1, -0.05) is 17.9 Å². The second-order valence-electron chi connectivity index (χ2n) is 8.85. The molecule has 4 atom stereocenters. The predicted octanol–water partition coefficient (Wildman–Crippen LogP) is 6.60. The van der Waals surface area contributed by atoms with E-state index >= 15 is 0 Å². The highest BCUT2D eigenvalue weighted by atomic mass is 19.2. The summed E-state index contributed by atoms with van der Waals surface area (Å²) >= 11 is 0. The molecule has 0 bridgehead atoms. The van der Waals surface area contributed by atoms with Gasteiger partial charge in [0.05, 0.1) is 18.8 Å². The molecule has 170 valence electrons. The number of methoxy groups -OCH3 is 1. The van der Waals surface area contributed by atoms with Gasteiger partial charge in [0.1, 0.15) is 0 Å². The lowest BCUT2D eigenvalue weighted by molar-refractivity contribution is -0.00970. The molecule has 0 heterocycles. The molecule has 2 fully saturated rings. The van der Waals surface area contributed by atoms with E-state index in [1.807, 2.05) is 6.92 Å². The first kappa shape index (κ1) is 22.7. The molecule has 0 aromatic heterocycles. The highest BCUT2D eigenvalue weighted by Gasteiger charge is 2.37. The largest absolute Gasteiger partial charge is 0.494 e. The van der Waals surface area contributed by atoms with Gasteiger partial charge in [-0.15, -0.1) is 0 Å². The number of ether oxygens (including phenoxy) is 2. The summed E-state index contributed by atoms with van der Waals surface area (Å²) in [7, 11) is 1.38. The molecule has 0 saturated heterocycles. The lowest BCUT2D eigenvalue weighted by atomic mass is 9.65. The van der Waals surface area contributed by atoms with E-state index in [2.05, 4.69) is 11.8 Å². The molecule has 2 saturated carbocycles. The van der Waals surface area contributed by atoms with Crippen LogP contribution in [0.25, 0.3) is 0 Å². The monoisotopic (exact) mass is 442 g/mol. The van der Waals surface area contributed by atoms with Gasteiger partial charge in [-0.05, 0) is 93.0 Å². The molecule has 4 unspecified atom stereocenters. The van der Waals surface area contributed by atoms with Crippen molar-refractivity contribution in [3.8, 4) is 17.6 Å². The summed E-state index contributed by atoms with van der Waals surface area (Å²) in [6.45, 7) is 2.78. The number of halogens is 3. The summed E-state index contributed by atoms with van der Waals surface area (Å²) in [5.74, 6) is 4.39. The minimum Gasteiger partial charge on any atom is -0.494 e. The average molecular weight is 443 g/mol. The average Bonchev–Trinajstić information content (AvgIpc) is 2.80. The minimum absolute atomic E-state index is 0.0200. The molecule has 2 aromatic carbocycles. The van der Waals surface area contributed by atoms with Crippen molar-refractivity contribution in [3.05, 3.63) is 64.5 Å². The molecule has 2 nitrogen and oxygen atoms in total. The Morgan fingerprint density at radius 1 is 0.906 bits per heavy atom. The van der Waals surface area contributed by atoms with Gasteiger partial charge in [0.15, 0.2) is 23.2 Å². The standard InChI is InChI=1S/C27H29F3O2/c1-3-32-22-11-9-19-15-21(8-7-20(19)16-22)23-12-10-18(26(29)27(23)30)6-4-17-5-13-25(31-2)24(28)14-17/h5,10,12-14,19-22H,3,7-9,11,15-16H2,1-2H3. The quantitative estimate of drug-likeness (QED) is 0.497. The zero-order valence-corrected chi connectivity index (χ0v) is 18.6. The summed E-state index contributed by atoms with van der Waals surface area (Å²) in [5, 5.41) is 0. The van der Waals surface area contributed by atoms with Gasteiger partial charge in [0, 0.05) is 12.2 Å². The van der Waals surface area contributed by atoms with Crippen LogP contribution in [0.5, 0.6) is 5.75 Å². The summed E-state index contributed by atoms with van der Waals surface area (Å²) in [4.78, 5) is 0. The van der Waals surface area contributed by atoms with Crippen molar-refractivity contribution < 1.29 is 22.6 Å². The molecule has 5 heteroatoms. The topological polar surface area (TPSA) is 18.5 Å². The zero-order valence-electron chi connectivity index (χ0n) is 18.6. The maximum Gasteiger partial charge on any atom is 0.174 e. The molecule has 2 aliphatic rings. The van der Waals surface area contributed by atoms with Crippen LogP contribution in [0.3, 0.4) is 0 Å². The van der Waals surface area contributed by atoms with Crippen molar-refractivity contribution in [1.82, 2.24) is 0 Å². The number of benzene rings is 2. The molecule has 2 aromatic rings. The van der Waals surface area contributed by atoms with Crippen LogP contribution in [0.15, 0.2) is 30.3 Å². The smallest absolute Gasteiger partial charge is 0.174 e. The van der Waals surface area contributed by atoms with E-state index in [0.717, 1.165) is 45.1 Å². The van der Waals surface area contributed by atoms with Crippen LogP contribution >= 0.6 is 0 Å². The van der Waals surface area contributed by atoms with Crippen LogP contribution in [0.2, 0.25) is 0 Å². The molecule has 0 N–H and O–H groups in total. The van der Waals surface area contributed by atoms with E-state index in [4.69, 9.17) is 9.47 Å². The Bertz CT molecular complexity index is 1020. The highest BCUT2D eigenvalue weighted by molar-refractivity contribution is 5.46. The number of fused-ring (bicyclic) bond motifs is 1. The van der Waals surface area contributed by atoms with E-state index in [1.165, 1.54) is 19.2 Å². The number of hydrogen-bond donors (Lipinski definition) is 0. The first-order valence-corrected chi connectivity index (χ1v) is 11.4. The van der Waals surface area contributed by atoms with Crippen LogP contribution in [0.1, 0.15) is 68.1 Å². The first-order chi connectivity index (χ1) is 15.5. The normalized spacial score (nSPS) is 24.9. The van der Waals surface area contributed by atoms with Gasteiger partial charge in [-0.3, -0.25) is 0 Å². The maximum atomic E-state index is 15.0. The van der Waals surface area contributed by atoms with Crippen LogP contribution in [0, 0.1) is 41.1 Å². The van der Waals surface area contributed by atoms with Gasteiger partial charge >= 0.3 is 0 Å². The Morgan fingerprint density at radius 3 is 2.44 bits per heavy atom. The van der Waals surface area contributed by atoms with Crippen molar-refractivity contribution >= 4 is 0 Å². The number of rotatable bonds is 4. The van der Waals surface area contributed by atoms with Gasteiger partial charge in [-0.2, -0.15) is 0 Å². The molecule has 32 heavy (non-hydrogen) atoms. The Labute approximate surface area is 188 Å². The van der Waals surface area contributed by atoms with E-state index in [-0.39, 0.29) is 17.2 Å². The van der Waals surface area contributed by atoms with Crippen LogP contribution in [-0.2, 0) is 4.74 Å². The minimum atomic E-state index is -0.925. The number of hydrogen-bond acceptors (Lipinski definition) is 2. The molecule has 0 spiro atoms. The van der Waals surface area contributed by atoms with Crippen LogP contribution in [-0.4, -0.2) is 19.8 Å². The lowest BCUT2D eigenvalue weighted by Crippen LogP contribution is -2.34. The maximum absolute atomic E-state index is 15.0. The molecule has 0 amide bonds. The third-order valence-corrected chi connectivity index (χ3v) is 7.01. The van der Waals surface area contributed by atoms with E-state index in [1.54, 1.807) is 18.2 Å². The third-order valence-electron chi connectivity index (χ3n) is 7.01. The Hall–Kier alpha value is -2.45. The fourth-order valence-corrected chi connectivity index (χ4v) is 5.38. The van der Waals surface area contributed by atoms with Gasteiger partial charge in [0.25, 0.3) is 0 Å². The SMILES string of the molecule is CCOC1CCC2CC(c3ccc(C#Cc4ccc(OC)c(F)c4)c(F)c3F)CCC2C1. The summed E-state index contributed by atoms with van der Waals surface area (Å²) in [5.41, 5.74) is 0.801. The van der Waals surface area contributed by atoms with Crippen LogP contribution in [0.4, 0.5) is 13.2 Å². The second-order valence-corrected chi connectivity index (χ2v) is 8.85. The van der Waals surface area contributed by atoms with Crippen molar-refractivity contribution in [2.75, 3.05) is 13.7 Å². The zero-order chi connectivity index (χ0) is 22.7. The second kappa shape index (κ2) is 10.0. The van der Waals surface area contributed by atoms with Crippen molar-refractivity contribution in [2.24, 2.45) is 11.8 Å². The summed E-state index contributed by atoms with van der Waals surface area (Å²) in [6, 6.07) is 7.47.